The van der Waals surface area contributed by atoms with Crippen molar-refractivity contribution in [1.29, 1.82) is 0 Å². The van der Waals surface area contributed by atoms with Crippen LogP contribution in [0.25, 0.3) is 0 Å². The van der Waals surface area contributed by atoms with Crippen molar-refractivity contribution in [3.8, 4) is 0 Å². The Bertz CT molecular complexity index is 139. The predicted octanol–water partition coefficient (Wildman–Crippen LogP) is 2.39. The highest BCUT2D eigenvalue weighted by Gasteiger charge is 2.16. The summed E-state index contributed by atoms with van der Waals surface area (Å²) in [7, 11) is 3.40. The van der Waals surface area contributed by atoms with Gasteiger partial charge < -0.3 is 9.47 Å². The lowest BCUT2D eigenvalue weighted by atomic mass is 10.0. The van der Waals surface area contributed by atoms with Gasteiger partial charge in [0.1, 0.15) is 0 Å². The molecule has 2 heteroatoms. The SMILES string of the molecule is COC(C)(C)C=CC(C)(C)OC. The van der Waals surface area contributed by atoms with E-state index in [4.69, 9.17) is 9.47 Å². The Morgan fingerprint density at radius 3 is 1.17 bits per heavy atom. The first-order valence-corrected chi connectivity index (χ1v) is 4.14. The molecule has 0 aliphatic heterocycles. The number of hydrogen-bond donors (Lipinski definition) is 0. The van der Waals surface area contributed by atoms with Crippen molar-refractivity contribution >= 4 is 0 Å². The van der Waals surface area contributed by atoms with Gasteiger partial charge in [-0.15, -0.1) is 0 Å². The Kier molecular flexibility index (Phi) is 3.94. The largest absolute Gasteiger partial charge is 0.375 e. The van der Waals surface area contributed by atoms with Gasteiger partial charge in [-0.05, 0) is 27.7 Å². The first kappa shape index (κ1) is 11.7. The van der Waals surface area contributed by atoms with E-state index in [2.05, 4.69) is 0 Å². The summed E-state index contributed by atoms with van der Waals surface area (Å²) in [4.78, 5) is 0. The van der Waals surface area contributed by atoms with Gasteiger partial charge in [0, 0.05) is 14.2 Å². The van der Waals surface area contributed by atoms with E-state index < -0.39 is 0 Å². The quantitative estimate of drug-likeness (QED) is 0.606. The van der Waals surface area contributed by atoms with Crippen LogP contribution in [0.15, 0.2) is 12.2 Å². The molecule has 0 rings (SSSR count). The van der Waals surface area contributed by atoms with Crippen LogP contribution in [0.5, 0.6) is 0 Å². The maximum atomic E-state index is 5.24. The van der Waals surface area contributed by atoms with Crippen LogP contribution in [0.4, 0.5) is 0 Å². The molecule has 0 aliphatic rings. The Morgan fingerprint density at radius 1 is 0.750 bits per heavy atom. The van der Waals surface area contributed by atoms with Gasteiger partial charge in [0.25, 0.3) is 0 Å². The minimum absolute atomic E-state index is 0.212. The molecular weight excluding hydrogens is 152 g/mol. The van der Waals surface area contributed by atoms with E-state index in [1.807, 2.05) is 39.8 Å². The number of methoxy groups -OCH3 is 2. The van der Waals surface area contributed by atoms with Crippen molar-refractivity contribution in [3.63, 3.8) is 0 Å². The minimum Gasteiger partial charge on any atom is -0.375 e. The summed E-state index contributed by atoms with van der Waals surface area (Å²) in [6, 6.07) is 0. The minimum atomic E-state index is -0.213. The van der Waals surface area contributed by atoms with E-state index in [1.54, 1.807) is 14.2 Å². The molecule has 0 aliphatic carbocycles. The smallest absolute Gasteiger partial charge is 0.0803 e. The highest BCUT2D eigenvalue weighted by atomic mass is 16.5. The van der Waals surface area contributed by atoms with Crippen LogP contribution in [0.2, 0.25) is 0 Å². The molecule has 0 saturated carbocycles. The maximum absolute atomic E-state index is 5.24. The van der Waals surface area contributed by atoms with E-state index in [-0.39, 0.29) is 11.2 Å². The average Bonchev–Trinajstić information content (AvgIpc) is 2.02. The molecule has 0 bridgehead atoms. The van der Waals surface area contributed by atoms with Crippen LogP contribution in [0.3, 0.4) is 0 Å². The van der Waals surface area contributed by atoms with Gasteiger partial charge in [-0.1, -0.05) is 12.2 Å². The molecule has 0 saturated heterocycles. The second-order valence-corrected chi connectivity index (χ2v) is 3.95. The van der Waals surface area contributed by atoms with Gasteiger partial charge >= 0.3 is 0 Å². The van der Waals surface area contributed by atoms with Crippen molar-refractivity contribution < 1.29 is 9.47 Å². The van der Waals surface area contributed by atoms with Crippen LogP contribution in [0, 0.1) is 0 Å². The van der Waals surface area contributed by atoms with Crippen LogP contribution >= 0.6 is 0 Å². The lowest BCUT2D eigenvalue weighted by Gasteiger charge is -2.22. The first-order chi connectivity index (χ1) is 5.33. The molecule has 72 valence electrons. The summed E-state index contributed by atoms with van der Waals surface area (Å²) in [6.07, 6.45) is 4.02. The molecule has 0 aromatic carbocycles. The van der Waals surface area contributed by atoms with E-state index in [1.165, 1.54) is 0 Å². The second kappa shape index (κ2) is 4.06. The zero-order valence-corrected chi connectivity index (χ0v) is 8.97. The standard InChI is InChI=1S/C10H20O2/c1-9(2,11-5)7-8-10(3,4)12-6/h7-8H,1-6H3. The van der Waals surface area contributed by atoms with E-state index in [0.717, 1.165) is 0 Å². The highest BCUT2D eigenvalue weighted by Crippen LogP contribution is 2.15. The summed E-state index contributed by atoms with van der Waals surface area (Å²) in [5.41, 5.74) is -0.425. The van der Waals surface area contributed by atoms with Crippen molar-refractivity contribution in [3.05, 3.63) is 12.2 Å². The van der Waals surface area contributed by atoms with Gasteiger partial charge in [0.15, 0.2) is 0 Å². The predicted molar refractivity (Wildman–Crippen MR) is 51.3 cm³/mol. The molecule has 0 amide bonds. The number of rotatable bonds is 4. The van der Waals surface area contributed by atoms with Gasteiger partial charge in [0.05, 0.1) is 11.2 Å². The summed E-state index contributed by atoms with van der Waals surface area (Å²) in [5, 5.41) is 0. The third kappa shape index (κ3) is 4.52. The molecule has 0 radical (unpaired) electrons. The normalized spacial score (nSPS) is 14.2. The molecule has 12 heavy (non-hydrogen) atoms. The molecule has 0 aromatic rings. The summed E-state index contributed by atoms with van der Waals surface area (Å²) in [5.74, 6) is 0. The Labute approximate surface area is 75.6 Å². The van der Waals surface area contributed by atoms with E-state index in [0.29, 0.717) is 0 Å². The summed E-state index contributed by atoms with van der Waals surface area (Å²) < 4.78 is 10.5. The lowest BCUT2D eigenvalue weighted by molar-refractivity contribution is 0.0506. The third-order valence-electron chi connectivity index (χ3n) is 1.94. The van der Waals surface area contributed by atoms with Crippen LogP contribution in [-0.2, 0) is 9.47 Å². The van der Waals surface area contributed by atoms with Crippen molar-refractivity contribution in [2.24, 2.45) is 0 Å². The molecule has 0 spiro atoms. The maximum Gasteiger partial charge on any atom is 0.0803 e. The number of hydrogen-bond acceptors (Lipinski definition) is 2. The van der Waals surface area contributed by atoms with Gasteiger partial charge in [-0.25, -0.2) is 0 Å². The van der Waals surface area contributed by atoms with Crippen molar-refractivity contribution in [2.45, 2.75) is 38.9 Å². The molecular formula is C10H20O2. The third-order valence-corrected chi connectivity index (χ3v) is 1.94. The fourth-order valence-electron chi connectivity index (χ4n) is 0.537. The molecule has 2 nitrogen and oxygen atoms in total. The van der Waals surface area contributed by atoms with Gasteiger partial charge in [0.2, 0.25) is 0 Å². The fourth-order valence-corrected chi connectivity index (χ4v) is 0.537. The number of ether oxygens (including phenoxy) is 2. The monoisotopic (exact) mass is 172 g/mol. The Balaban J connectivity index is 4.23. The molecule has 0 heterocycles. The Hall–Kier alpha value is -0.340. The lowest BCUT2D eigenvalue weighted by Crippen LogP contribution is -2.23. The topological polar surface area (TPSA) is 18.5 Å². The zero-order valence-electron chi connectivity index (χ0n) is 8.97. The average molecular weight is 172 g/mol. The first-order valence-electron chi connectivity index (χ1n) is 4.14. The molecule has 0 aromatic heterocycles. The van der Waals surface area contributed by atoms with E-state index >= 15 is 0 Å². The van der Waals surface area contributed by atoms with Crippen LogP contribution < -0.4 is 0 Å². The van der Waals surface area contributed by atoms with Crippen LogP contribution in [-0.4, -0.2) is 25.4 Å². The van der Waals surface area contributed by atoms with Crippen LogP contribution in [0.1, 0.15) is 27.7 Å². The molecule has 0 N–H and O–H groups in total. The fraction of sp³-hybridized carbons (Fsp3) is 0.800. The summed E-state index contributed by atoms with van der Waals surface area (Å²) in [6.45, 7) is 8.04. The second-order valence-electron chi connectivity index (χ2n) is 3.95. The molecule has 0 unspecified atom stereocenters. The summed E-state index contributed by atoms with van der Waals surface area (Å²) >= 11 is 0. The van der Waals surface area contributed by atoms with Crippen molar-refractivity contribution in [1.82, 2.24) is 0 Å². The van der Waals surface area contributed by atoms with Gasteiger partial charge in [-0.3, -0.25) is 0 Å². The van der Waals surface area contributed by atoms with Crippen molar-refractivity contribution in [2.75, 3.05) is 14.2 Å². The molecule has 0 atom stereocenters. The zero-order chi connectivity index (χ0) is 9.83. The molecule has 0 fully saturated rings. The van der Waals surface area contributed by atoms with E-state index in [9.17, 15) is 0 Å². The van der Waals surface area contributed by atoms with Gasteiger partial charge in [-0.2, -0.15) is 0 Å². The Morgan fingerprint density at radius 2 is 1.00 bits per heavy atom. The highest BCUT2D eigenvalue weighted by molar-refractivity contribution is 5.04.